The predicted molar refractivity (Wildman–Crippen MR) is 86.2 cm³/mol. The van der Waals surface area contributed by atoms with Crippen LogP contribution in [0, 0.1) is 0 Å². The second-order valence-electron chi connectivity index (χ2n) is 4.96. The van der Waals surface area contributed by atoms with E-state index in [-0.39, 0.29) is 11.5 Å². The monoisotopic (exact) mass is 317 g/mol. The fourth-order valence-corrected chi connectivity index (χ4v) is 3.19. The van der Waals surface area contributed by atoms with Crippen molar-refractivity contribution < 1.29 is 8.42 Å². The number of hydrogen-bond acceptors (Lipinski definition) is 3. The molecule has 1 atom stereocenters. The fraction of sp³-hybridized carbons (Fsp3) is 0.600. The Hall–Kier alpha value is -0.580. The third-order valence-corrected chi connectivity index (χ3v) is 5.38. The molecule has 0 bridgehead atoms. The van der Waals surface area contributed by atoms with E-state index in [1.54, 1.807) is 6.92 Å². The molecule has 5 heteroatoms. The lowest BCUT2D eigenvalue weighted by Gasteiger charge is -2.18. The molecule has 0 aromatic heterocycles. The zero-order valence-corrected chi connectivity index (χ0v) is 13.8. The Morgan fingerprint density at radius 1 is 1.20 bits per heavy atom. The van der Waals surface area contributed by atoms with Crippen LogP contribution in [0.15, 0.2) is 24.3 Å². The molecule has 0 heterocycles. The van der Waals surface area contributed by atoms with E-state index in [0.717, 1.165) is 24.4 Å². The molecule has 1 aromatic rings. The van der Waals surface area contributed by atoms with Gasteiger partial charge in [0.25, 0.3) is 0 Å². The summed E-state index contributed by atoms with van der Waals surface area (Å²) in [7, 11) is -2.85. The number of sulfone groups is 1. The van der Waals surface area contributed by atoms with Crippen molar-refractivity contribution in [2.45, 2.75) is 39.2 Å². The molecule has 3 nitrogen and oxygen atoms in total. The molecule has 0 amide bonds. The lowest BCUT2D eigenvalue weighted by molar-refractivity contribution is 0.484. The molecule has 0 aliphatic carbocycles. The minimum atomic E-state index is -2.85. The molecular formula is C15H24ClNO2S. The number of benzene rings is 1. The summed E-state index contributed by atoms with van der Waals surface area (Å²) in [6.45, 7) is 4.65. The van der Waals surface area contributed by atoms with Gasteiger partial charge in [0.2, 0.25) is 0 Å². The molecule has 1 unspecified atom stereocenters. The Balaban J connectivity index is 2.50. The fourth-order valence-electron chi connectivity index (χ4n) is 2.16. The van der Waals surface area contributed by atoms with Crippen molar-refractivity contribution in [3.8, 4) is 0 Å². The average molecular weight is 318 g/mol. The van der Waals surface area contributed by atoms with Crippen molar-refractivity contribution in [3.63, 3.8) is 0 Å². The summed E-state index contributed by atoms with van der Waals surface area (Å²) in [4.78, 5) is 0. The minimum absolute atomic E-state index is 0.232. The molecule has 0 spiro atoms. The van der Waals surface area contributed by atoms with Crippen LogP contribution >= 0.6 is 11.6 Å². The minimum Gasteiger partial charge on any atom is -0.314 e. The summed E-state index contributed by atoms with van der Waals surface area (Å²) >= 11 is 5.88. The van der Waals surface area contributed by atoms with Gasteiger partial charge in [-0.3, -0.25) is 0 Å². The largest absolute Gasteiger partial charge is 0.314 e. The van der Waals surface area contributed by atoms with Gasteiger partial charge in [0.1, 0.15) is 9.84 Å². The number of nitrogens with one attached hydrogen (secondary N) is 1. The number of rotatable bonds is 9. The molecule has 0 saturated heterocycles. The van der Waals surface area contributed by atoms with Crippen LogP contribution in [0.1, 0.15) is 32.3 Å². The Bertz CT molecular complexity index is 485. The molecule has 0 radical (unpaired) electrons. The van der Waals surface area contributed by atoms with Crippen molar-refractivity contribution in [1.82, 2.24) is 5.32 Å². The van der Waals surface area contributed by atoms with E-state index in [0.29, 0.717) is 12.5 Å². The number of likely N-dealkylation sites (N-methyl/N-ethyl adjacent to an activating group) is 1. The van der Waals surface area contributed by atoms with E-state index in [1.807, 2.05) is 24.3 Å². The van der Waals surface area contributed by atoms with Gasteiger partial charge in [-0.2, -0.15) is 0 Å². The van der Waals surface area contributed by atoms with Crippen LogP contribution in [0.5, 0.6) is 0 Å². The van der Waals surface area contributed by atoms with E-state index >= 15 is 0 Å². The highest BCUT2D eigenvalue weighted by atomic mass is 35.5. The van der Waals surface area contributed by atoms with Crippen LogP contribution in [0.3, 0.4) is 0 Å². The van der Waals surface area contributed by atoms with Crippen LogP contribution in [-0.4, -0.2) is 32.5 Å². The van der Waals surface area contributed by atoms with Gasteiger partial charge in [0, 0.05) is 16.8 Å². The molecule has 1 rings (SSSR count). The summed E-state index contributed by atoms with van der Waals surface area (Å²) < 4.78 is 23.0. The van der Waals surface area contributed by atoms with Crippen molar-refractivity contribution in [1.29, 1.82) is 0 Å². The Labute approximate surface area is 127 Å². The van der Waals surface area contributed by atoms with Crippen LogP contribution in [0.25, 0.3) is 0 Å². The second-order valence-corrected chi connectivity index (χ2v) is 7.87. The molecule has 0 fully saturated rings. The van der Waals surface area contributed by atoms with Crippen LogP contribution in [-0.2, 0) is 16.3 Å². The highest BCUT2D eigenvalue weighted by Crippen LogP contribution is 2.13. The van der Waals surface area contributed by atoms with E-state index in [1.165, 1.54) is 5.56 Å². The Morgan fingerprint density at radius 2 is 1.85 bits per heavy atom. The maximum absolute atomic E-state index is 11.5. The highest BCUT2D eigenvalue weighted by molar-refractivity contribution is 7.91. The van der Waals surface area contributed by atoms with E-state index in [9.17, 15) is 8.42 Å². The summed E-state index contributed by atoms with van der Waals surface area (Å²) in [6.07, 6.45) is 2.48. The number of hydrogen-bond donors (Lipinski definition) is 1. The van der Waals surface area contributed by atoms with Crippen molar-refractivity contribution >= 4 is 21.4 Å². The molecule has 114 valence electrons. The van der Waals surface area contributed by atoms with Gasteiger partial charge in [-0.15, -0.1) is 0 Å². The molecular weight excluding hydrogens is 294 g/mol. The second kappa shape index (κ2) is 8.65. The number of halogens is 1. The van der Waals surface area contributed by atoms with Gasteiger partial charge >= 0.3 is 0 Å². The standard InChI is InChI=1S/C15H24ClNO2S/c1-3-17-15(6-5-11-20(18,19)4-2)12-13-7-9-14(16)10-8-13/h7-10,15,17H,3-6,11-12H2,1-2H3. The zero-order valence-electron chi connectivity index (χ0n) is 12.2. The SMILES string of the molecule is CCNC(CCCS(=O)(=O)CC)Cc1ccc(Cl)cc1. The lowest BCUT2D eigenvalue weighted by Crippen LogP contribution is -2.31. The summed E-state index contributed by atoms with van der Waals surface area (Å²) in [5, 5.41) is 4.16. The van der Waals surface area contributed by atoms with Crippen molar-refractivity contribution in [3.05, 3.63) is 34.9 Å². The molecule has 20 heavy (non-hydrogen) atoms. The van der Waals surface area contributed by atoms with Gasteiger partial charge in [0.05, 0.1) is 5.75 Å². The van der Waals surface area contributed by atoms with Gasteiger partial charge in [-0.1, -0.05) is 37.6 Å². The molecule has 1 aromatic carbocycles. The third-order valence-electron chi connectivity index (χ3n) is 3.34. The average Bonchev–Trinajstić information content (AvgIpc) is 2.41. The van der Waals surface area contributed by atoms with Crippen LogP contribution in [0.2, 0.25) is 5.02 Å². The summed E-state index contributed by atoms with van der Waals surface area (Å²) in [5.74, 6) is 0.516. The van der Waals surface area contributed by atoms with Crippen LogP contribution in [0.4, 0.5) is 0 Å². The first-order valence-electron chi connectivity index (χ1n) is 7.15. The first-order valence-corrected chi connectivity index (χ1v) is 9.35. The Kier molecular flexibility index (Phi) is 7.56. The van der Waals surface area contributed by atoms with Crippen LogP contribution < -0.4 is 5.32 Å². The maximum Gasteiger partial charge on any atom is 0.150 e. The molecule has 1 N–H and O–H groups in total. The van der Waals surface area contributed by atoms with E-state index in [4.69, 9.17) is 11.6 Å². The zero-order chi connectivity index (χ0) is 15.0. The lowest BCUT2D eigenvalue weighted by atomic mass is 10.0. The van der Waals surface area contributed by atoms with Gasteiger partial charge < -0.3 is 5.32 Å². The quantitative estimate of drug-likeness (QED) is 0.761. The smallest absolute Gasteiger partial charge is 0.150 e. The maximum atomic E-state index is 11.5. The topological polar surface area (TPSA) is 46.2 Å². The predicted octanol–water partition coefficient (Wildman–Crippen LogP) is 3.08. The first-order chi connectivity index (χ1) is 9.46. The molecule has 0 aliphatic rings. The van der Waals surface area contributed by atoms with E-state index < -0.39 is 9.84 Å². The summed E-state index contributed by atoms with van der Waals surface area (Å²) in [6, 6.07) is 8.14. The normalized spacial score (nSPS) is 13.3. The molecule has 0 aliphatic heterocycles. The summed E-state index contributed by atoms with van der Waals surface area (Å²) in [5.41, 5.74) is 1.22. The van der Waals surface area contributed by atoms with Gasteiger partial charge in [0.15, 0.2) is 0 Å². The van der Waals surface area contributed by atoms with E-state index in [2.05, 4.69) is 12.2 Å². The van der Waals surface area contributed by atoms with Gasteiger partial charge in [-0.25, -0.2) is 8.42 Å². The first kappa shape index (κ1) is 17.5. The van der Waals surface area contributed by atoms with Crippen molar-refractivity contribution in [2.24, 2.45) is 0 Å². The third kappa shape index (κ3) is 6.73. The van der Waals surface area contributed by atoms with Gasteiger partial charge in [-0.05, 0) is 43.5 Å². The highest BCUT2D eigenvalue weighted by Gasteiger charge is 2.12. The Morgan fingerprint density at radius 3 is 2.40 bits per heavy atom. The molecule has 0 saturated carbocycles. The van der Waals surface area contributed by atoms with Crippen molar-refractivity contribution in [2.75, 3.05) is 18.1 Å².